The van der Waals surface area contributed by atoms with Crippen molar-refractivity contribution in [3.8, 4) is 11.5 Å². The Morgan fingerprint density at radius 1 is 1.18 bits per heavy atom. The maximum Gasteiger partial charge on any atom is 0.412 e. The van der Waals surface area contributed by atoms with Crippen LogP contribution in [-0.4, -0.2) is 67.7 Å². The van der Waals surface area contributed by atoms with Crippen LogP contribution in [0.1, 0.15) is 32.3 Å². The van der Waals surface area contributed by atoms with Gasteiger partial charge in [0.25, 0.3) is 0 Å². The zero-order chi connectivity index (χ0) is 19.9. The number of esters is 1. The Hall–Kier alpha value is -2.48. The van der Waals surface area contributed by atoms with Gasteiger partial charge in [0.15, 0.2) is 11.5 Å². The fourth-order valence-corrected chi connectivity index (χ4v) is 3.54. The predicted molar refractivity (Wildman–Crippen MR) is 101 cm³/mol. The molecule has 0 radical (unpaired) electrons. The average molecular weight is 392 g/mol. The number of fused-ring (bicyclic) bond motifs is 1. The summed E-state index contributed by atoms with van der Waals surface area (Å²) in [5.74, 6) is 1.09. The lowest BCUT2D eigenvalue weighted by atomic mass is 10.1. The van der Waals surface area contributed by atoms with Gasteiger partial charge >= 0.3 is 12.1 Å². The fourth-order valence-electron chi connectivity index (χ4n) is 3.54. The molecule has 3 rings (SSSR count). The van der Waals surface area contributed by atoms with E-state index in [1.165, 1.54) is 0 Å². The maximum absolute atomic E-state index is 12.4. The summed E-state index contributed by atoms with van der Waals surface area (Å²) in [5, 5.41) is 0. The van der Waals surface area contributed by atoms with Crippen LogP contribution in [0.25, 0.3) is 0 Å². The molecule has 0 aromatic heterocycles. The largest absolute Gasteiger partial charge is 0.454 e. The second-order valence-corrected chi connectivity index (χ2v) is 7.05. The molecular formula is C20H28N2O6. The second-order valence-electron chi connectivity index (χ2n) is 7.05. The van der Waals surface area contributed by atoms with Crippen LogP contribution in [0.4, 0.5) is 4.79 Å². The summed E-state index contributed by atoms with van der Waals surface area (Å²) in [4.78, 5) is 27.8. The molecule has 1 fully saturated rings. The number of hydrogen-bond acceptors (Lipinski definition) is 7. The van der Waals surface area contributed by atoms with E-state index >= 15 is 0 Å². The first kappa shape index (κ1) is 20.3. The van der Waals surface area contributed by atoms with Crippen molar-refractivity contribution in [1.29, 1.82) is 0 Å². The second kappa shape index (κ2) is 9.64. The van der Waals surface area contributed by atoms with Crippen LogP contribution < -0.4 is 9.47 Å². The Morgan fingerprint density at radius 2 is 1.93 bits per heavy atom. The van der Waals surface area contributed by atoms with Crippen LogP contribution in [0.3, 0.4) is 0 Å². The first-order valence-electron chi connectivity index (χ1n) is 9.76. The maximum atomic E-state index is 12.4. The molecule has 1 amide bonds. The van der Waals surface area contributed by atoms with Gasteiger partial charge in [-0.1, -0.05) is 6.07 Å². The van der Waals surface area contributed by atoms with Crippen LogP contribution in [0.2, 0.25) is 0 Å². The van der Waals surface area contributed by atoms with E-state index in [1.54, 1.807) is 4.90 Å². The SMILES string of the molecule is CCN(C(=O)OCOC(=O)CN1CCCC1)C(C)Cc1ccc2c(c1)OCO2. The van der Waals surface area contributed by atoms with E-state index in [9.17, 15) is 9.59 Å². The third-order valence-electron chi connectivity index (χ3n) is 5.03. The van der Waals surface area contributed by atoms with E-state index in [0.29, 0.717) is 13.0 Å². The van der Waals surface area contributed by atoms with Gasteiger partial charge in [-0.2, -0.15) is 0 Å². The monoisotopic (exact) mass is 392 g/mol. The molecule has 2 aliphatic rings. The Labute approximate surface area is 165 Å². The molecule has 154 valence electrons. The Balaban J connectivity index is 1.43. The third kappa shape index (κ3) is 5.28. The smallest absolute Gasteiger partial charge is 0.412 e. The van der Waals surface area contributed by atoms with Gasteiger partial charge in [-0.3, -0.25) is 9.69 Å². The molecule has 0 aliphatic carbocycles. The Morgan fingerprint density at radius 3 is 2.68 bits per heavy atom. The number of hydrogen-bond donors (Lipinski definition) is 0. The fraction of sp³-hybridized carbons (Fsp3) is 0.600. The van der Waals surface area contributed by atoms with Gasteiger partial charge in [0.1, 0.15) is 0 Å². The van der Waals surface area contributed by atoms with Crippen LogP contribution in [0, 0.1) is 0 Å². The molecule has 0 spiro atoms. The van der Waals surface area contributed by atoms with Gasteiger partial charge in [0.2, 0.25) is 13.6 Å². The molecule has 2 heterocycles. The van der Waals surface area contributed by atoms with Crippen molar-refractivity contribution in [3.63, 3.8) is 0 Å². The van der Waals surface area contributed by atoms with Crippen molar-refractivity contribution in [2.45, 2.75) is 39.2 Å². The van der Waals surface area contributed by atoms with Crippen molar-refractivity contribution >= 4 is 12.1 Å². The number of carbonyl (C=O) groups is 2. The predicted octanol–water partition coefficient (Wildman–Crippen LogP) is 2.40. The number of benzene rings is 1. The van der Waals surface area contributed by atoms with Crippen molar-refractivity contribution in [2.24, 2.45) is 0 Å². The highest BCUT2D eigenvalue weighted by Crippen LogP contribution is 2.33. The van der Waals surface area contributed by atoms with E-state index in [-0.39, 0.29) is 32.1 Å². The molecule has 2 aliphatic heterocycles. The van der Waals surface area contributed by atoms with Crippen LogP contribution in [0.15, 0.2) is 18.2 Å². The molecule has 0 saturated carbocycles. The highest BCUT2D eigenvalue weighted by Gasteiger charge is 2.22. The van der Waals surface area contributed by atoms with Gasteiger partial charge in [-0.15, -0.1) is 0 Å². The van der Waals surface area contributed by atoms with Crippen molar-refractivity contribution in [3.05, 3.63) is 23.8 Å². The number of carbonyl (C=O) groups excluding carboxylic acids is 2. The lowest BCUT2D eigenvalue weighted by Gasteiger charge is -2.27. The molecule has 1 aromatic carbocycles. The molecule has 1 atom stereocenters. The summed E-state index contributed by atoms with van der Waals surface area (Å²) in [6, 6.07) is 5.68. The van der Waals surface area contributed by atoms with E-state index in [1.807, 2.05) is 36.9 Å². The zero-order valence-electron chi connectivity index (χ0n) is 16.5. The highest BCUT2D eigenvalue weighted by atomic mass is 16.7. The minimum absolute atomic E-state index is 0.0850. The normalized spacial score (nSPS) is 16.6. The lowest BCUT2D eigenvalue weighted by molar-refractivity contribution is -0.153. The Bertz CT molecular complexity index is 689. The van der Waals surface area contributed by atoms with Gasteiger partial charge in [0, 0.05) is 12.6 Å². The lowest BCUT2D eigenvalue weighted by Crippen LogP contribution is -2.40. The van der Waals surface area contributed by atoms with Crippen molar-refractivity contribution in [1.82, 2.24) is 9.80 Å². The van der Waals surface area contributed by atoms with Crippen LogP contribution in [-0.2, 0) is 20.7 Å². The van der Waals surface area contributed by atoms with E-state index in [0.717, 1.165) is 43.0 Å². The minimum Gasteiger partial charge on any atom is -0.454 e. The molecule has 8 heteroatoms. The molecule has 28 heavy (non-hydrogen) atoms. The Kier molecular flexibility index (Phi) is 6.97. The minimum atomic E-state index is -0.496. The van der Waals surface area contributed by atoms with Crippen LogP contribution in [0.5, 0.6) is 11.5 Å². The molecular weight excluding hydrogens is 364 g/mol. The number of rotatable bonds is 8. The van der Waals surface area contributed by atoms with Gasteiger partial charge in [0.05, 0.1) is 6.54 Å². The quantitative estimate of drug-likeness (QED) is 0.497. The molecule has 8 nitrogen and oxygen atoms in total. The van der Waals surface area contributed by atoms with Crippen molar-refractivity contribution in [2.75, 3.05) is 39.8 Å². The average Bonchev–Trinajstić information content (AvgIpc) is 3.33. The van der Waals surface area contributed by atoms with E-state index < -0.39 is 6.09 Å². The molecule has 1 unspecified atom stereocenters. The molecule has 0 N–H and O–H groups in total. The summed E-state index contributed by atoms with van der Waals surface area (Å²) in [7, 11) is 0. The van der Waals surface area contributed by atoms with E-state index in [2.05, 4.69) is 0 Å². The summed E-state index contributed by atoms with van der Waals surface area (Å²) in [6.45, 7) is 6.27. The summed E-state index contributed by atoms with van der Waals surface area (Å²) in [6.07, 6.45) is 2.36. The first-order valence-corrected chi connectivity index (χ1v) is 9.76. The standard InChI is InChI=1S/C20H28N2O6/c1-3-22(15(2)10-16-6-7-17-18(11-16)26-13-25-17)20(24)28-14-27-19(23)12-21-8-4-5-9-21/h6-7,11,15H,3-5,8-10,12-14H2,1-2H3. The zero-order valence-corrected chi connectivity index (χ0v) is 16.5. The summed E-state index contributed by atoms with van der Waals surface area (Å²) in [5.41, 5.74) is 1.04. The van der Waals surface area contributed by atoms with Gasteiger partial charge in [-0.25, -0.2) is 4.79 Å². The highest BCUT2D eigenvalue weighted by molar-refractivity contribution is 5.72. The number of nitrogens with zero attached hydrogens (tertiary/aromatic N) is 2. The first-order chi connectivity index (χ1) is 13.6. The third-order valence-corrected chi connectivity index (χ3v) is 5.03. The van der Waals surface area contributed by atoms with Crippen LogP contribution >= 0.6 is 0 Å². The molecule has 1 aromatic rings. The number of likely N-dealkylation sites (tertiary alicyclic amines) is 1. The molecule has 1 saturated heterocycles. The summed E-state index contributed by atoms with van der Waals surface area (Å²) >= 11 is 0. The molecule has 0 bridgehead atoms. The van der Waals surface area contributed by atoms with Gasteiger partial charge < -0.3 is 23.8 Å². The topological polar surface area (TPSA) is 77.5 Å². The van der Waals surface area contributed by atoms with Crippen molar-refractivity contribution < 1.29 is 28.5 Å². The van der Waals surface area contributed by atoms with E-state index in [4.69, 9.17) is 18.9 Å². The number of likely N-dealkylation sites (N-methyl/N-ethyl adjacent to an activating group) is 1. The summed E-state index contributed by atoms with van der Waals surface area (Å²) < 4.78 is 20.9. The number of ether oxygens (including phenoxy) is 4. The number of amides is 1. The van der Waals surface area contributed by atoms with Gasteiger partial charge in [-0.05, 0) is 63.9 Å².